The fraction of sp³-hybridized carbons (Fsp3) is 0.278. The molecular formula is C18H12Cl2FNO5. The van der Waals surface area contributed by atoms with E-state index in [2.05, 4.69) is 4.98 Å². The van der Waals surface area contributed by atoms with Crippen LogP contribution in [0, 0.1) is 5.82 Å². The van der Waals surface area contributed by atoms with Crippen LogP contribution in [0.4, 0.5) is 4.39 Å². The van der Waals surface area contributed by atoms with Gasteiger partial charge < -0.3 is 14.3 Å². The average molecular weight is 412 g/mol. The molecule has 2 unspecified atom stereocenters. The summed E-state index contributed by atoms with van der Waals surface area (Å²) >= 11 is 11.7. The molecule has 1 aliphatic heterocycles. The molecule has 2 aromatic heterocycles. The van der Waals surface area contributed by atoms with Gasteiger partial charge in [-0.2, -0.15) is 0 Å². The molecule has 1 N–H and O–H groups in total. The summed E-state index contributed by atoms with van der Waals surface area (Å²) < 4.78 is 24.9. The van der Waals surface area contributed by atoms with Crippen molar-refractivity contribution in [2.75, 3.05) is 0 Å². The maximum atomic E-state index is 13.9. The number of pyridine rings is 1. The lowest BCUT2D eigenvalue weighted by molar-refractivity contribution is -0.121. The summed E-state index contributed by atoms with van der Waals surface area (Å²) in [6, 6.07) is 2.07. The van der Waals surface area contributed by atoms with Gasteiger partial charge in [-0.15, -0.1) is 0 Å². The van der Waals surface area contributed by atoms with Crippen molar-refractivity contribution in [1.82, 2.24) is 4.98 Å². The molecule has 2 aromatic rings. The third-order valence-corrected chi connectivity index (χ3v) is 5.10. The number of nitrogens with zero attached hydrogens (tertiary/aromatic N) is 1. The molecule has 4 rings (SSSR count). The molecule has 3 heterocycles. The molecule has 0 bridgehead atoms. The number of ketones is 1. The van der Waals surface area contributed by atoms with Crippen molar-refractivity contribution in [2.45, 2.75) is 32.0 Å². The third kappa shape index (κ3) is 2.96. The van der Waals surface area contributed by atoms with Gasteiger partial charge in [0.25, 0.3) is 0 Å². The fourth-order valence-corrected chi connectivity index (χ4v) is 3.89. The molecule has 2 atom stereocenters. The first-order valence-corrected chi connectivity index (χ1v) is 8.83. The van der Waals surface area contributed by atoms with Gasteiger partial charge >= 0.3 is 5.63 Å². The number of aliphatic hydroxyl groups excluding tert-OH is 1. The number of carbonyl (C=O) groups is 1. The number of Topliss-reactive ketones (excluding diaryl/α,β-unsaturated/α-hetero) is 1. The average Bonchev–Trinajstić information content (AvgIpc) is 2.56. The zero-order valence-corrected chi connectivity index (χ0v) is 15.4. The van der Waals surface area contributed by atoms with Gasteiger partial charge in [-0.05, 0) is 13.0 Å². The molecule has 1 saturated heterocycles. The van der Waals surface area contributed by atoms with E-state index in [9.17, 15) is 19.1 Å². The fourth-order valence-electron chi connectivity index (χ4n) is 3.46. The topological polar surface area (TPSA) is 89.6 Å². The molecular weight excluding hydrogens is 400 g/mol. The van der Waals surface area contributed by atoms with E-state index in [0.717, 1.165) is 12.1 Å². The Morgan fingerprint density at radius 3 is 2.67 bits per heavy atom. The van der Waals surface area contributed by atoms with Crippen molar-refractivity contribution in [3.63, 3.8) is 0 Å². The molecule has 2 aliphatic rings. The second kappa shape index (κ2) is 6.44. The van der Waals surface area contributed by atoms with Gasteiger partial charge in [0, 0.05) is 30.0 Å². The highest BCUT2D eigenvalue weighted by Crippen LogP contribution is 2.30. The van der Waals surface area contributed by atoms with Crippen LogP contribution in [-0.2, 0) is 9.53 Å². The van der Waals surface area contributed by atoms with Crippen molar-refractivity contribution in [1.29, 1.82) is 0 Å². The SMILES string of the molecule is CC1CC(=O)C2=c3oc(=O)cc(-c4cc(F)c(Cl)nc4Cl)c3=C(O)CC2O1. The Kier molecular flexibility index (Phi) is 4.33. The quantitative estimate of drug-likeness (QED) is 0.722. The zero-order chi connectivity index (χ0) is 19.5. The lowest BCUT2D eigenvalue weighted by atomic mass is 9.89. The Morgan fingerprint density at radius 2 is 1.93 bits per heavy atom. The van der Waals surface area contributed by atoms with Crippen molar-refractivity contribution in [3.8, 4) is 11.1 Å². The highest BCUT2D eigenvalue weighted by atomic mass is 35.5. The Morgan fingerprint density at radius 1 is 1.19 bits per heavy atom. The molecule has 0 saturated carbocycles. The van der Waals surface area contributed by atoms with Gasteiger partial charge in [-0.25, -0.2) is 14.2 Å². The van der Waals surface area contributed by atoms with E-state index in [0.29, 0.717) is 0 Å². The Balaban J connectivity index is 2.12. The van der Waals surface area contributed by atoms with Crippen molar-refractivity contribution in [3.05, 3.63) is 49.3 Å². The van der Waals surface area contributed by atoms with Crippen LogP contribution >= 0.6 is 23.2 Å². The molecule has 0 spiro atoms. The number of hydrogen-bond donors (Lipinski definition) is 1. The monoisotopic (exact) mass is 411 g/mol. The number of carbonyl (C=O) groups excluding carboxylic acids is 1. The summed E-state index contributed by atoms with van der Waals surface area (Å²) in [4.78, 5) is 28.4. The number of aromatic nitrogens is 1. The molecule has 27 heavy (non-hydrogen) atoms. The molecule has 1 fully saturated rings. The van der Waals surface area contributed by atoms with Crippen LogP contribution in [-0.4, -0.2) is 28.1 Å². The van der Waals surface area contributed by atoms with Gasteiger partial charge in [0.05, 0.1) is 23.0 Å². The minimum Gasteiger partial charge on any atom is -0.511 e. The van der Waals surface area contributed by atoms with Crippen LogP contribution in [0.25, 0.3) is 22.5 Å². The molecule has 1 aliphatic carbocycles. The third-order valence-electron chi connectivity index (χ3n) is 4.54. The maximum absolute atomic E-state index is 13.9. The first-order chi connectivity index (χ1) is 12.8. The van der Waals surface area contributed by atoms with E-state index in [4.69, 9.17) is 32.4 Å². The van der Waals surface area contributed by atoms with E-state index < -0.39 is 22.7 Å². The zero-order valence-electron chi connectivity index (χ0n) is 13.9. The van der Waals surface area contributed by atoms with E-state index in [-0.39, 0.29) is 63.0 Å². The lowest BCUT2D eigenvalue weighted by Crippen LogP contribution is -2.47. The van der Waals surface area contributed by atoms with Crippen LogP contribution < -0.4 is 16.3 Å². The van der Waals surface area contributed by atoms with Gasteiger partial charge in [-0.1, -0.05) is 23.2 Å². The van der Waals surface area contributed by atoms with Gasteiger partial charge in [0.2, 0.25) is 0 Å². The van der Waals surface area contributed by atoms with Crippen LogP contribution in [0.5, 0.6) is 0 Å². The van der Waals surface area contributed by atoms with Crippen molar-refractivity contribution >= 4 is 40.3 Å². The second-order valence-electron chi connectivity index (χ2n) is 6.41. The Labute approximate surface area is 161 Å². The molecule has 0 amide bonds. The Bertz CT molecular complexity index is 1170. The first-order valence-electron chi connectivity index (χ1n) is 8.07. The van der Waals surface area contributed by atoms with Crippen molar-refractivity contribution < 1.29 is 23.4 Å². The summed E-state index contributed by atoms with van der Waals surface area (Å²) in [6.45, 7) is 1.75. The van der Waals surface area contributed by atoms with Crippen LogP contribution in [0.15, 0.2) is 21.3 Å². The minimum absolute atomic E-state index is 0.0141. The van der Waals surface area contributed by atoms with Crippen LogP contribution in [0.2, 0.25) is 10.3 Å². The molecule has 6 nitrogen and oxygen atoms in total. The first kappa shape index (κ1) is 18.2. The number of ether oxygens (including phenoxy) is 1. The number of halogens is 3. The normalized spacial score (nSPS) is 21.9. The summed E-state index contributed by atoms with van der Waals surface area (Å²) in [5.41, 5.74) is -0.550. The van der Waals surface area contributed by atoms with E-state index in [1.807, 2.05) is 0 Å². The van der Waals surface area contributed by atoms with Crippen molar-refractivity contribution in [2.24, 2.45) is 0 Å². The second-order valence-corrected chi connectivity index (χ2v) is 7.13. The summed E-state index contributed by atoms with van der Waals surface area (Å²) in [5, 5.41) is 10.1. The van der Waals surface area contributed by atoms with E-state index in [1.54, 1.807) is 6.92 Å². The maximum Gasteiger partial charge on any atom is 0.336 e. The summed E-state index contributed by atoms with van der Waals surface area (Å²) in [7, 11) is 0. The van der Waals surface area contributed by atoms with E-state index in [1.165, 1.54) is 0 Å². The standard InChI is InChI=1S/C18H12Cl2FNO5/c1-6-2-10(23)15-12(26-6)5-11(24)14-7(4-13(25)27-16(14)15)8-3-9(21)18(20)22-17(8)19/h3-4,6,12,24H,2,5H2,1H3. The molecule has 9 heteroatoms. The molecule has 0 radical (unpaired) electrons. The highest BCUT2D eigenvalue weighted by molar-refractivity contribution is 6.34. The Hall–Kier alpha value is -2.22. The van der Waals surface area contributed by atoms with Gasteiger partial charge in [-0.3, -0.25) is 4.79 Å². The van der Waals surface area contributed by atoms with Gasteiger partial charge in [0.1, 0.15) is 10.9 Å². The predicted octanol–water partition coefficient (Wildman–Crippen LogP) is 2.11. The van der Waals surface area contributed by atoms with Gasteiger partial charge in [0.15, 0.2) is 22.2 Å². The number of hydrogen-bond acceptors (Lipinski definition) is 6. The molecule has 0 aromatic carbocycles. The summed E-state index contributed by atoms with van der Waals surface area (Å²) in [5.74, 6) is -1.24. The number of rotatable bonds is 1. The van der Waals surface area contributed by atoms with Crippen LogP contribution in [0.1, 0.15) is 19.8 Å². The number of aliphatic hydroxyl groups is 1. The lowest BCUT2D eigenvalue weighted by Gasteiger charge is -2.30. The van der Waals surface area contributed by atoms with Crippen LogP contribution in [0.3, 0.4) is 0 Å². The largest absolute Gasteiger partial charge is 0.511 e. The summed E-state index contributed by atoms with van der Waals surface area (Å²) in [6.07, 6.45) is -0.903. The molecule has 140 valence electrons. The highest BCUT2D eigenvalue weighted by Gasteiger charge is 2.36. The minimum atomic E-state index is -0.843. The number of fused-ring (bicyclic) bond motifs is 2. The smallest absolute Gasteiger partial charge is 0.336 e. The predicted molar refractivity (Wildman–Crippen MR) is 95.5 cm³/mol. The van der Waals surface area contributed by atoms with E-state index >= 15 is 0 Å².